The van der Waals surface area contributed by atoms with Crippen LogP contribution in [0.3, 0.4) is 0 Å². The molecule has 6 rings (SSSR count). The first-order chi connectivity index (χ1) is 22.6. The average molecular weight is 696 g/mol. The fourth-order valence-electron chi connectivity index (χ4n) is 5.87. The van der Waals surface area contributed by atoms with Gasteiger partial charge in [0.25, 0.3) is 5.91 Å². The van der Waals surface area contributed by atoms with Gasteiger partial charge in [0.2, 0.25) is 0 Å². The van der Waals surface area contributed by atoms with Gasteiger partial charge in [0, 0.05) is 20.8 Å². The van der Waals surface area contributed by atoms with E-state index < -0.39 is 36.2 Å². The smallest absolute Gasteiger partial charge is 0.347 e. The Bertz CT molecular complexity index is 2040. The molecule has 4 N–H and O–H groups in total. The van der Waals surface area contributed by atoms with Crippen LogP contribution < -0.4 is 15.6 Å². The summed E-state index contributed by atoms with van der Waals surface area (Å²) in [4.78, 5) is 43.8. The summed E-state index contributed by atoms with van der Waals surface area (Å²) in [7, 11) is 0. The fraction of sp³-hybridized carbons (Fsp3) is 0.143. The van der Waals surface area contributed by atoms with Crippen molar-refractivity contribution >= 4 is 73.0 Å². The third-order valence-corrected chi connectivity index (χ3v) is 8.68. The van der Waals surface area contributed by atoms with Gasteiger partial charge in [-0.1, -0.05) is 88.7 Å². The maximum atomic E-state index is 14.3. The number of benzene rings is 5. The van der Waals surface area contributed by atoms with Crippen LogP contribution in [-0.4, -0.2) is 62.7 Å². The monoisotopic (exact) mass is 694 g/mol. The molecular formula is C35H31BrN6O5. The molecule has 1 saturated heterocycles. The van der Waals surface area contributed by atoms with E-state index in [2.05, 4.69) is 31.8 Å². The molecule has 5 amide bonds. The molecule has 1 fully saturated rings. The van der Waals surface area contributed by atoms with Crippen molar-refractivity contribution in [1.29, 1.82) is 0 Å². The lowest BCUT2D eigenvalue weighted by molar-refractivity contribution is -0.124. The van der Waals surface area contributed by atoms with E-state index in [9.17, 15) is 24.7 Å². The lowest BCUT2D eigenvalue weighted by Gasteiger charge is -2.38. The predicted molar refractivity (Wildman–Crippen MR) is 185 cm³/mol. The van der Waals surface area contributed by atoms with Crippen LogP contribution in [0.1, 0.15) is 19.4 Å². The second kappa shape index (κ2) is 12.7. The summed E-state index contributed by atoms with van der Waals surface area (Å²) in [5, 5.41) is 32.2. The van der Waals surface area contributed by atoms with Gasteiger partial charge in [-0.05, 0) is 55.0 Å². The molecule has 238 valence electrons. The molecule has 5 aromatic carbocycles. The molecule has 0 radical (unpaired) electrons. The molecular weight excluding hydrogens is 664 g/mol. The number of anilines is 2. The van der Waals surface area contributed by atoms with Gasteiger partial charge in [0.1, 0.15) is 12.3 Å². The van der Waals surface area contributed by atoms with E-state index in [1.165, 1.54) is 22.1 Å². The van der Waals surface area contributed by atoms with Gasteiger partial charge >= 0.3 is 12.1 Å². The molecule has 0 spiro atoms. The number of rotatable bonds is 7. The Hall–Kier alpha value is -5.46. The van der Waals surface area contributed by atoms with E-state index in [1.807, 2.05) is 60.7 Å². The molecule has 1 unspecified atom stereocenters. The van der Waals surface area contributed by atoms with Gasteiger partial charge in [-0.3, -0.25) is 14.9 Å². The number of hydrazone groups is 1. The lowest BCUT2D eigenvalue weighted by Crippen LogP contribution is -2.58. The number of phenolic OH excluding ortho intramolecular Hbond substituents is 1. The number of hydroxylamine groups is 2. The number of fused-ring (bicyclic) bond motifs is 2. The van der Waals surface area contributed by atoms with Crippen LogP contribution in [0.5, 0.6) is 5.75 Å². The second-order valence-electron chi connectivity index (χ2n) is 11.6. The number of hydrogen-bond donors (Lipinski definition) is 4. The maximum absolute atomic E-state index is 14.3. The highest BCUT2D eigenvalue weighted by Gasteiger charge is 2.56. The van der Waals surface area contributed by atoms with E-state index in [1.54, 1.807) is 50.2 Å². The summed E-state index contributed by atoms with van der Waals surface area (Å²) in [6.45, 7) is 2.90. The number of phenols is 1. The first-order valence-electron chi connectivity index (χ1n) is 14.7. The van der Waals surface area contributed by atoms with Crippen molar-refractivity contribution in [3.8, 4) is 5.75 Å². The van der Waals surface area contributed by atoms with Crippen molar-refractivity contribution in [3.05, 3.63) is 113 Å². The lowest BCUT2D eigenvalue weighted by atomic mass is 9.99. The Labute approximate surface area is 278 Å². The van der Waals surface area contributed by atoms with Crippen LogP contribution >= 0.6 is 15.9 Å². The second-order valence-corrected chi connectivity index (χ2v) is 12.5. The molecule has 1 heterocycles. The first kappa shape index (κ1) is 31.5. The Morgan fingerprint density at radius 1 is 0.936 bits per heavy atom. The van der Waals surface area contributed by atoms with Crippen molar-refractivity contribution < 1.29 is 24.7 Å². The summed E-state index contributed by atoms with van der Waals surface area (Å²) >= 11 is 3.33. The molecule has 1 aliphatic heterocycles. The minimum atomic E-state index is -1.29. The quantitative estimate of drug-likeness (QED) is 0.0836. The fourth-order valence-corrected chi connectivity index (χ4v) is 6.25. The zero-order chi connectivity index (χ0) is 33.3. The van der Waals surface area contributed by atoms with E-state index in [0.29, 0.717) is 26.5 Å². The van der Waals surface area contributed by atoms with Crippen LogP contribution in [0.25, 0.3) is 21.5 Å². The standard InChI is InChI=1S/C35H31BrN6O5/c1-35(2)32(42(47)33(45)38-28-15-7-11-22-9-3-5-13-26(22)28)41(29-16-8-12-23-10-4-6-14-27(23)29)34(46)40(35)21-31(44)39-37-20-24-19-25(36)17-18-30(24)43/h3-20,32,43,47H,21H2,1-2H3,(H,38,45)(H,39,44)/b37-20+. The number of hydrogen-bond acceptors (Lipinski definition) is 6. The molecule has 0 aliphatic carbocycles. The van der Waals surface area contributed by atoms with Gasteiger partial charge in [0.15, 0.2) is 6.17 Å². The SMILES string of the molecule is CC1(C)C(N(O)C(=O)Nc2cccc3ccccc23)N(c2cccc3ccccc23)C(=O)N1CC(=O)N/N=C/c1cc(Br)ccc1O. The summed E-state index contributed by atoms with van der Waals surface area (Å²) in [5.74, 6) is -0.652. The van der Waals surface area contributed by atoms with E-state index >= 15 is 0 Å². The van der Waals surface area contributed by atoms with Gasteiger partial charge in [-0.15, -0.1) is 0 Å². The molecule has 0 aromatic heterocycles. The Balaban J connectivity index is 1.32. The largest absolute Gasteiger partial charge is 0.507 e. The number of carbonyl (C=O) groups is 3. The Kier molecular flexibility index (Phi) is 8.54. The van der Waals surface area contributed by atoms with Crippen LogP contribution in [0, 0.1) is 0 Å². The van der Waals surface area contributed by atoms with Crippen molar-refractivity contribution in [3.63, 3.8) is 0 Å². The number of carbonyl (C=O) groups excluding carboxylic acids is 3. The summed E-state index contributed by atoms with van der Waals surface area (Å²) in [6.07, 6.45) is 0.0263. The third kappa shape index (κ3) is 6.08. The molecule has 1 atom stereocenters. The van der Waals surface area contributed by atoms with Crippen LogP contribution in [0.4, 0.5) is 21.0 Å². The summed E-state index contributed by atoms with van der Waals surface area (Å²) in [5.41, 5.74) is 2.41. The zero-order valence-corrected chi connectivity index (χ0v) is 27.0. The van der Waals surface area contributed by atoms with Gasteiger partial charge in [-0.2, -0.15) is 10.2 Å². The molecule has 11 nitrogen and oxygen atoms in total. The number of amides is 5. The van der Waals surface area contributed by atoms with E-state index in [4.69, 9.17) is 0 Å². The normalized spacial score (nSPS) is 15.8. The molecule has 47 heavy (non-hydrogen) atoms. The molecule has 0 bridgehead atoms. The number of urea groups is 2. The van der Waals surface area contributed by atoms with Crippen LogP contribution in [0.2, 0.25) is 0 Å². The van der Waals surface area contributed by atoms with Crippen molar-refractivity contribution in [2.24, 2.45) is 5.10 Å². The van der Waals surface area contributed by atoms with Gasteiger partial charge < -0.3 is 15.3 Å². The van der Waals surface area contributed by atoms with Gasteiger partial charge in [0.05, 0.1) is 23.1 Å². The van der Waals surface area contributed by atoms with E-state index in [-0.39, 0.29) is 5.75 Å². The highest BCUT2D eigenvalue weighted by Crippen LogP contribution is 2.40. The highest BCUT2D eigenvalue weighted by atomic mass is 79.9. The first-order valence-corrected chi connectivity index (χ1v) is 15.5. The van der Waals surface area contributed by atoms with Crippen LogP contribution in [0.15, 0.2) is 113 Å². The molecule has 5 aromatic rings. The number of nitrogens with zero attached hydrogens (tertiary/aromatic N) is 4. The highest BCUT2D eigenvalue weighted by molar-refractivity contribution is 9.10. The van der Waals surface area contributed by atoms with Crippen molar-refractivity contribution in [2.75, 3.05) is 16.8 Å². The van der Waals surface area contributed by atoms with E-state index in [0.717, 1.165) is 21.5 Å². The topological polar surface area (TPSA) is 138 Å². The predicted octanol–water partition coefficient (Wildman–Crippen LogP) is 6.88. The zero-order valence-electron chi connectivity index (χ0n) is 25.5. The average Bonchev–Trinajstić information content (AvgIpc) is 3.25. The minimum Gasteiger partial charge on any atom is -0.507 e. The number of halogens is 1. The third-order valence-electron chi connectivity index (χ3n) is 8.19. The molecule has 12 heteroatoms. The Morgan fingerprint density at radius 3 is 2.32 bits per heavy atom. The van der Waals surface area contributed by atoms with Crippen molar-refractivity contribution in [1.82, 2.24) is 15.4 Å². The van der Waals surface area contributed by atoms with Crippen LogP contribution in [-0.2, 0) is 4.79 Å². The minimum absolute atomic E-state index is 0.0274. The van der Waals surface area contributed by atoms with Gasteiger partial charge in [-0.25, -0.2) is 15.0 Å². The number of nitrogens with one attached hydrogen (secondary N) is 2. The summed E-state index contributed by atoms with van der Waals surface area (Å²) in [6, 6.07) is 29.2. The molecule has 0 saturated carbocycles. The number of aromatic hydroxyl groups is 1. The summed E-state index contributed by atoms with van der Waals surface area (Å²) < 4.78 is 0.713. The molecule has 1 aliphatic rings. The maximum Gasteiger partial charge on any atom is 0.347 e. The Morgan fingerprint density at radius 2 is 1.57 bits per heavy atom. The van der Waals surface area contributed by atoms with Crippen molar-refractivity contribution in [2.45, 2.75) is 25.6 Å².